The average molecular weight is 455 g/mol. The van der Waals surface area contributed by atoms with Crippen molar-refractivity contribution < 1.29 is 0 Å². The first-order chi connectivity index (χ1) is 16.9. The van der Waals surface area contributed by atoms with E-state index in [0.29, 0.717) is 17.8 Å². The second kappa shape index (κ2) is 8.38. The van der Waals surface area contributed by atoms with Gasteiger partial charge in [-0.1, -0.05) is 123 Å². The molecular formula is C35H34. The van der Waals surface area contributed by atoms with Gasteiger partial charge in [0.15, 0.2) is 0 Å². The molecule has 0 saturated carbocycles. The monoisotopic (exact) mass is 454 g/mol. The third kappa shape index (κ3) is 3.76. The summed E-state index contributed by atoms with van der Waals surface area (Å²) in [6.07, 6.45) is 13.6. The summed E-state index contributed by atoms with van der Waals surface area (Å²) in [7, 11) is 0. The lowest BCUT2D eigenvalue weighted by Crippen LogP contribution is -2.24. The molecule has 0 nitrogen and oxygen atoms in total. The van der Waals surface area contributed by atoms with E-state index in [4.69, 9.17) is 0 Å². The zero-order valence-electron chi connectivity index (χ0n) is 21.3. The van der Waals surface area contributed by atoms with Crippen molar-refractivity contribution in [3.05, 3.63) is 131 Å². The normalized spacial score (nSPS) is 24.2. The Morgan fingerprint density at radius 1 is 0.800 bits per heavy atom. The first kappa shape index (κ1) is 22.1. The minimum absolute atomic E-state index is 0.0656. The van der Waals surface area contributed by atoms with Crippen LogP contribution >= 0.6 is 0 Å². The maximum Gasteiger partial charge on any atom is 0.0155 e. The highest BCUT2D eigenvalue weighted by molar-refractivity contribution is 5.90. The summed E-state index contributed by atoms with van der Waals surface area (Å²) in [5, 5.41) is 0. The second-order valence-electron chi connectivity index (χ2n) is 11.1. The van der Waals surface area contributed by atoms with Gasteiger partial charge in [0.25, 0.3) is 0 Å². The lowest BCUT2D eigenvalue weighted by atomic mass is 9.71. The van der Waals surface area contributed by atoms with Crippen LogP contribution in [0.25, 0.3) is 22.3 Å². The largest absolute Gasteiger partial charge is 0.0805 e. The van der Waals surface area contributed by atoms with E-state index < -0.39 is 0 Å². The zero-order valence-corrected chi connectivity index (χ0v) is 21.3. The molecule has 0 heteroatoms. The summed E-state index contributed by atoms with van der Waals surface area (Å²) in [6, 6.07) is 26.7. The Bertz CT molecular complexity index is 1410. The quantitative estimate of drug-likeness (QED) is 0.370. The summed E-state index contributed by atoms with van der Waals surface area (Å²) >= 11 is 0. The first-order valence-electron chi connectivity index (χ1n) is 13.0. The van der Waals surface area contributed by atoms with E-state index >= 15 is 0 Å². The Morgan fingerprint density at radius 2 is 1.57 bits per heavy atom. The molecule has 0 radical (unpaired) electrons. The van der Waals surface area contributed by atoms with Gasteiger partial charge in [-0.3, -0.25) is 0 Å². The topological polar surface area (TPSA) is 0 Å². The van der Waals surface area contributed by atoms with Gasteiger partial charge in [0.1, 0.15) is 0 Å². The van der Waals surface area contributed by atoms with Crippen LogP contribution in [0.4, 0.5) is 0 Å². The number of hydrogen-bond donors (Lipinski definition) is 0. The highest BCUT2D eigenvalue weighted by Gasteiger charge is 2.40. The van der Waals surface area contributed by atoms with E-state index in [9.17, 15) is 0 Å². The van der Waals surface area contributed by atoms with E-state index in [1.165, 1.54) is 50.1 Å². The molecule has 3 atom stereocenters. The molecule has 0 fully saturated rings. The summed E-state index contributed by atoms with van der Waals surface area (Å²) < 4.78 is 0. The molecule has 0 heterocycles. The predicted octanol–water partition coefficient (Wildman–Crippen LogP) is 9.19. The molecule has 0 N–H and O–H groups in total. The highest BCUT2D eigenvalue weighted by atomic mass is 14.4. The SMILES string of the molecule is Cc1ccc2c(c1)C(C)(C)C1=CC(C3C=C(c4cccc(-c5ccccc5)c4)C=CC3C)CC=C12. The maximum atomic E-state index is 2.62. The number of benzene rings is 3. The Hall–Kier alpha value is -3.38. The Morgan fingerprint density at radius 3 is 2.40 bits per heavy atom. The highest BCUT2D eigenvalue weighted by Crippen LogP contribution is 2.53. The van der Waals surface area contributed by atoms with Crippen molar-refractivity contribution in [2.45, 2.75) is 39.5 Å². The van der Waals surface area contributed by atoms with Crippen molar-refractivity contribution in [2.24, 2.45) is 17.8 Å². The van der Waals surface area contributed by atoms with E-state index in [-0.39, 0.29) is 5.41 Å². The number of allylic oxidation sites excluding steroid dienone is 8. The van der Waals surface area contributed by atoms with E-state index in [1.807, 2.05) is 0 Å². The van der Waals surface area contributed by atoms with Crippen LogP contribution in [0.1, 0.15) is 49.4 Å². The molecular weight excluding hydrogens is 420 g/mol. The summed E-state index contributed by atoms with van der Waals surface area (Å²) in [6.45, 7) is 9.39. The van der Waals surface area contributed by atoms with Crippen molar-refractivity contribution >= 4 is 11.1 Å². The van der Waals surface area contributed by atoms with E-state index in [1.54, 1.807) is 0 Å². The fraction of sp³-hybridized carbons (Fsp3) is 0.257. The fourth-order valence-corrected chi connectivity index (χ4v) is 6.37. The van der Waals surface area contributed by atoms with Gasteiger partial charge >= 0.3 is 0 Å². The average Bonchev–Trinajstić information content (AvgIpc) is 3.10. The van der Waals surface area contributed by atoms with Crippen LogP contribution in [0.15, 0.2) is 109 Å². The minimum Gasteiger partial charge on any atom is -0.0805 e. The molecule has 6 rings (SSSR count). The van der Waals surface area contributed by atoms with Crippen molar-refractivity contribution in [2.75, 3.05) is 0 Å². The van der Waals surface area contributed by atoms with Crippen molar-refractivity contribution in [1.29, 1.82) is 0 Å². The first-order valence-corrected chi connectivity index (χ1v) is 13.0. The van der Waals surface area contributed by atoms with Gasteiger partial charge in [0, 0.05) is 5.41 Å². The van der Waals surface area contributed by atoms with Gasteiger partial charge in [0.2, 0.25) is 0 Å². The fourth-order valence-electron chi connectivity index (χ4n) is 6.37. The molecule has 3 aliphatic carbocycles. The molecule has 3 unspecified atom stereocenters. The molecule has 35 heavy (non-hydrogen) atoms. The van der Waals surface area contributed by atoms with Crippen LogP contribution in [0.3, 0.4) is 0 Å². The summed E-state index contributed by atoms with van der Waals surface area (Å²) in [5.74, 6) is 1.56. The van der Waals surface area contributed by atoms with Gasteiger partial charge in [-0.2, -0.15) is 0 Å². The van der Waals surface area contributed by atoms with Crippen LogP contribution in [-0.4, -0.2) is 0 Å². The van der Waals surface area contributed by atoms with E-state index in [0.717, 1.165) is 6.42 Å². The number of rotatable bonds is 3. The molecule has 0 aromatic heterocycles. The number of hydrogen-bond acceptors (Lipinski definition) is 0. The number of fused-ring (bicyclic) bond motifs is 3. The lowest BCUT2D eigenvalue weighted by molar-refractivity contribution is 0.388. The van der Waals surface area contributed by atoms with Crippen LogP contribution in [0.5, 0.6) is 0 Å². The molecule has 0 amide bonds. The molecule has 3 aromatic carbocycles. The molecule has 3 aromatic rings. The maximum absolute atomic E-state index is 2.62. The Balaban J connectivity index is 1.34. The predicted molar refractivity (Wildman–Crippen MR) is 150 cm³/mol. The van der Waals surface area contributed by atoms with Crippen molar-refractivity contribution in [1.82, 2.24) is 0 Å². The van der Waals surface area contributed by atoms with Crippen LogP contribution < -0.4 is 0 Å². The van der Waals surface area contributed by atoms with Crippen LogP contribution in [0.2, 0.25) is 0 Å². The van der Waals surface area contributed by atoms with Crippen molar-refractivity contribution in [3.63, 3.8) is 0 Å². The molecule has 0 spiro atoms. The van der Waals surface area contributed by atoms with Crippen LogP contribution in [-0.2, 0) is 5.41 Å². The minimum atomic E-state index is 0.0656. The second-order valence-corrected chi connectivity index (χ2v) is 11.1. The third-order valence-corrected chi connectivity index (χ3v) is 8.43. The lowest BCUT2D eigenvalue weighted by Gasteiger charge is -2.33. The summed E-state index contributed by atoms with van der Waals surface area (Å²) in [4.78, 5) is 0. The third-order valence-electron chi connectivity index (χ3n) is 8.43. The molecule has 3 aliphatic rings. The van der Waals surface area contributed by atoms with Crippen LogP contribution in [0, 0.1) is 24.7 Å². The van der Waals surface area contributed by atoms with Gasteiger partial charge in [-0.15, -0.1) is 0 Å². The van der Waals surface area contributed by atoms with Gasteiger partial charge < -0.3 is 0 Å². The molecule has 0 saturated heterocycles. The van der Waals surface area contributed by atoms with Gasteiger partial charge in [-0.05, 0) is 81.7 Å². The zero-order chi connectivity index (χ0) is 24.2. The standard InChI is InChI=1S/C35H34/c1-23-13-17-30-31-18-16-29(22-34(31)35(3,4)33(30)19-23)32-21-28(15-14-24(32)2)27-12-8-11-26(20-27)25-9-6-5-7-10-25/h5-15,17-22,24,29,32H,16H2,1-4H3. The van der Waals surface area contributed by atoms with E-state index in [2.05, 4.69) is 131 Å². The van der Waals surface area contributed by atoms with Gasteiger partial charge in [0.05, 0.1) is 0 Å². The molecule has 0 aliphatic heterocycles. The Kier molecular flexibility index (Phi) is 5.29. The molecule has 174 valence electrons. The van der Waals surface area contributed by atoms with Gasteiger partial charge in [-0.25, -0.2) is 0 Å². The smallest absolute Gasteiger partial charge is 0.0155 e. The Labute approximate surface area is 210 Å². The summed E-state index contributed by atoms with van der Waals surface area (Å²) in [5.41, 5.74) is 12.6. The number of aryl methyl sites for hydroxylation is 1. The van der Waals surface area contributed by atoms with Crippen molar-refractivity contribution in [3.8, 4) is 11.1 Å². The molecule has 0 bridgehead atoms.